The Kier molecular flexibility index (Phi) is 4.94. The maximum atomic E-state index is 4.63. The zero-order valence-electron chi connectivity index (χ0n) is 16.4. The van der Waals surface area contributed by atoms with Crippen molar-refractivity contribution in [2.75, 3.05) is 31.5 Å². The second kappa shape index (κ2) is 7.53. The van der Waals surface area contributed by atoms with Gasteiger partial charge in [-0.2, -0.15) is 0 Å². The van der Waals surface area contributed by atoms with Gasteiger partial charge in [0.15, 0.2) is 12.4 Å². The molecular weight excluding hydrogens is 334 g/mol. The van der Waals surface area contributed by atoms with Crippen LogP contribution in [0.3, 0.4) is 0 Å². The van der Waals surface area contributed by atoms with Crippen LogP contribution in [-0.4, -0.2) is 41.0 Å². The number of aromatic amines is 2. The molecule has 4 aromatic rings. The van der Waals surface area contributed by atoms with E-state index in [2.05, 4.69) is 70.3 Å². The molecule has 0 aliphatic heterocycles. The third-order valence-corrected chi connectivity index (χ3v) is 5.58. The van der Waals surface area contributed by atoms with Gasteiger partial charge in [0.05, 0.1) is 16.4 Å². The topological polar surface area (TPSA) is 58.1 Å². The molecule has 0 atom stereocenters. The molecule has 140 valence electrons. The van der Waals surface area contributed by atoms with Crippen molar-refractivity contribution in [2.45, 2.75) is 27.2 Å². The number of fused-ring (bicyclic) bond motifs is 4. The average Bonchev–Trinajstić information content (AvgIpc) is 3.08. The van der Waals surface area contributed by atoms with Crippen LogP contribution in [0.2, 0.25) is 0 Å². The Balaban J connectivity index is 1.69. The minimum Gasteiger partial charge on any atom is -0.370 e. The third kappa shape index (κ3) is 3.23. The number of H-pyrrole nitrogens is 2. The van der Waals surface area contributed by atoms with Gasteiger partial charge >= 0.3 is 0 Å². The monoisotopic (exact) mass is 362 g/mol. The Bertz CT molecular complexity index is 1080. The van der Waals surface area contributed by atoms with Crippen molar-refractivity contribution in [3.63, 3.8) is 0 Å². The van der Waals surface area contributed by atoms with E-state index in [9.17, 15) is 0 Å². The zero-order valence-corrected chi connectivity index (χ0v) is 16.4. The highest BCUT2D eigenvalue weighted by Gasteiger charge is 2.13. The summed E-state index contributed by atoms with van der Waals surface area (Å²) in [6.07, 6.45) is 7.04. The predicted molar refractivity (Wildman–Crippen MR) is 113 cm³/mol. The smallest absolute Gasteiger partial charge is 0.177 e. The average molecular weight is 363 g/mol. The van der Waals surface area contributed by atoms with Gasteiger partial charge < -0.3 is 15.2 Å². The number of aromatic nitrogens is 3. The lowest BCUT2D eigenvalue weighted by Gasteiger charge is -2.18. The fourth-order valence-corrected chi connectivity index (χ4v) is 3.96. The van der Waals surface area contributed by atoms with Crippen molar-refractivity contribution in [3.05, 3.63) is 42.4 Å². The molecule has 0 bridgehead atoms. The summed E-state index contributed by atoms with van der Waals surface area (Å²) in [5.74, 6) is 0.978. The Morgan fingerprint density at radius 2 is 1.96 bits per heavy atom. The maximum absolute atomic E-state index is 4.63. The molecule has 4 rings (SSSR count). The van der Waals surface area contributed by atoms with Crippen LogP contribution >= 0.6 is 0 Å². The second-order valence-corrected chi connectivity index (χ2v) is 7.08. The fourth-order valence-electron chi connectivity index (χ4n) is 3.96. The van der Waals surface area contributed by atoms with Gasteiger partial charge in [0, 0.05) is 29.6 Å². The number of hydrogen-bond donors (Lipinski definition) is 2. The summed E-state index contributed by atoms with van der Waals surface area (Å²) in [5, 5.41) is 8.47. The van der Waals surface area contributed by atoms with Crippen LogP contribution in [0.5, 0.6) is 0 Å². The first kappa shape index (κ1) is 17.7. The van der Waals surface area contributed by atoms with Crippen LogP contribution in [0.4, 0.5) is 5.82 Å². The lowest BCUT2D eigenvalue weighted by molar-refractivity contribution is -0.375. The van der Waals surface area contributed by atoms with Gasteiger partial charge in [-0.1, -0.05) is 13.8 Å². The van der Waals surface area contributed by atoms with E-state index in [0.717, 1.165) is 43.9 Å². The summed E-state index contributed by atoms with van der Waals surface area (Å²) in [6.45, 7) is 10.9. The minimum atomic E-state index is 0.932. The molecule has 0 fully saturated rings. The van der Waals surface area contributed by atoms with Gasteiger partial charge in [0.25, 0.3) is 0 Å². The highest BCUT2D eigenvalue weighted by atomic mass is 15.1. The fraction of sp³-hybridized carbons (Fsp3) is 0.364. The third-order valence-electron chi connectivity index (χ3n) is 5.58. The van der Waals surface area contributed by atoms with Crippen molar-refractivity contribution < 1.29 is 4.98 Å². The van der Waals surface area contributed by atoms with Crippen molar-refractivity contribution >= 4 is 38.4 Å². The first-order chi connectivity index (χ1) is 13.2. The molecule has 5 heteroatoms. The van der Waals surface area contributed by atoms with Crippen LogP contribution in [0.25, 0.3) is 32.6 Å². The van der Waals surface area contributed by atoms with E-state index in [4.69, 9.17) is 0 Å². The van der Waals surface area contributed by atoms with E-state index in [-0.39, 0.29) is 0 Å². The van der Waals surface area contributed by atoms with Gasteiger partial charge in [-0.15, -0.1) is 0 Å². The molecule has 27 heavy (non-hydrogen) atoms. The number of aryl methyl sites for hydroxylation is 1. The van der Waals surface area contributed by atoms with Gasteiger partial charge in [-0.3, -0.25) is 0 Å². The molecule has 3 N–H and O–H groups in total. The van der Waals surface area contributed by atoms with Crippen molar-refractivity contribution in [1.29, 1.82) is 0 Å². The number of anilines is 1. The first-order valence-corrected chi connectivity index (χ1v) is 9.89. The van der Waals surface area contributed by atoms with Crippen LogP contribution in [-0.2, 0) is 0 Å². The summed E-state index contributed by atoms with van der Waals surface area (Å²) in [5.41, 5.74) is 3.63. The first-order valence-electron chi connectivity index (χ1n) is 9.89. The number of hydrogen-bond acceptors (Lipinski definition) is 3. The summed E-state index contributed by atoms with van der Waals surface area (Å²) < 4.78 is 0. The quantitative estimate of drug-likeness (QED) is 0.486. The van der Waals surface area contributed by atoms with Crippen LogP contribution in [0, 0.1) is 6.92 Å². The normalized spacial score (nSPS) is 11.9. The molecule has 0 saturated heterocycles. The summed E-state index contributed by atoms with van der Waals surface area (Å²) >= 11 is 0. The Morgan fingerprint density at radius 3 is 2.78 bits per heavy atom. The molecule has 3 aromatic heterocycles. The van der Waals surface area contributed by atoms with Gasteiger partial charge in [0.1, 0.15) is 5.82 Å². The van der Waals surface area contributed by atoms with E-state index >= 15 is 0 Å². The summed E-state index contributed by atoms with van der Waals surface area (Å²) in [7, 11) is 0. The second-order valence-electron chi connectivity index (χ2n) is 7.08. The number of nitrogens with one attached hydrogen (secondary N) is 3. The van der Waals surface area contributed by atoms with E-state index in [0.29, 0.717) is 0 Å². The van der Waals surface area contributed by atoms with E-state index in [1.165, 1.54) is 32.6 Å². The minimum absolute atomic E-state index is 0.932. The number of benzene rings is 1. The molecule has 0 aliphatic rings. The predicted octanol–water partition coefficient (Wildman–Crippen LogP) is 4.14. The molecular formula is C22H28N5+. The van der Waals surface area contributed by atoms with Crippen molar-refractivity contribution in [2.24, 2.45) is 0 Å². The Hall–Kier alpha value is -2.66. The van der Waals surface area contributed by atoms with E-state index in [1.54, 1.807) is 0 Å². The number of nitrogens with zero attached hydrogens (tertiary/aromatic N) is 2. The van der Waals surface area contributed by atoms with Crippen LogP contribution < -0.4 is 10.3 Å². The molecule has 0 spiro atoms. The molecule has 5 nitrogen and oxygen atoms in total. The number of pyridine rings is 2. The highest BCUT2D eigenvalue weighted by molar-refractivity contribution is 6.14. The Morgan fingerprint density at radius 1 is 1.11 bits per heavy atom. The molecule has 0 radical (unpaired) electrons. The van der Waals surface area contributed by atoms with E-state index in [1.807, 2.05) is 12.4 Å². The highest BCUT2D eigenvalue weighted by Crippen LogP contribution is 2.34. The number of rotatable bonds is 7. The lowest BCUT2D eigenvalue weighted by Crippen LogP contribution is -2.25. The molecule has 0 aliphatic carbocycles. The summed E-state index contributed by atoms with van der Waals surface area (Å²) in [6, 6.07) is 6.47. The molecule has 0 saturated carbocycles. The maximum Gasteiger partial charge on any atom is 0.177 e. The SMILES string of the molecule is CCN(CC)CCCNc1nccc2c(C)c3[nH]c4cc[nH+]cc4c3cc12. The van der Waals surface area contributed by atoms with Crippen LogP contribution in [0.1, 0.15) is 25.8 Å². The van der Waals surface area contributed by atoms with E-state index < -0.39 is 0 Å². The largest absolute Gasteiger partial charge is 0.370 e. The van der Waals surface area contributed by atoms with Gasteiger partial charge in [-0.05, 0) is 56.1 Å². The van der Waals surface area contributed by atoms with Crippen molar-refractivity contribution in [1.82, 2.24) is 14.9 Å². The summed E-state index contributed by atoms with van der Waals surface area (Å²) in [4.78, 5) is 13.9. The molecule has 3 heterocycles. The van der Waals surface area contributed by atoms with Crippen LogP contribution in [0.15, 0.2) is 36.8 Å². The van der Waals surface area contributed by atoms with Gasteiger partial charge in [-0.25, -0.2) is 9.97 Å². The molecule has 0 unspecified atom stereocenters. The van der Waals surface area contributed by atoms with Crippen molar-refractivity contribution in [3.8, 4) is 0 Å². The molecule has 0 amide bonds. The zero-order chi connectivity index (χ0) is 18.8. The lowest BCUT2D eigenvalue weighted by atomic mass is 10.0. The molecule has 1 aromatic carbocycles. The van der Waals surface area contributed by atoms with Gasteiger partial charge in [0.2, 0.25) is 0 Å². The Labute approximate surface area is 159 Å². The standard InChI is InChI=1S/C22H27N5/c1-4-27(5-2)12-6-9-24-22-18-13-17-19-14-23-10-8-20(19)26-21(17)15(3)16(18)7-11-25-22/h7-8,10-11,13-14,26H,4-6,9,12H2,1-3H3,(H,24,25)/p+1.